The van der Waals surface area contributed by atoms with E-state index in [-0.39, 0.29) is 6.42 Å². The minimum atomic E-state index is -0.807. The van der Waals surface area contributed by atoms with Gasteiger partial charge in [0.2, 0.25) is 0 Å². The van der Waals surface area contributed by atoms with E-state index in [0.717, 1.165) is 11.3 Å². The number of aryl methyl sites for hydroxylation is 1. The Bertz CT molecular complexity index is 434. The highest BCUT2D eigenvalue weighted by Gasteiger charge is 2.14. The first kappa shape index (κ1) is 14.6. The van der Waals surface area contributed by atoms with Crippen LogP contribution in [0.4, 0.5) is 5.69 Å². The maximum atomic E-state index is 10.6. The van der Waals surface area contributed by atoms with Crippen LogP contribution in [-0.4, -0.2) is 31.3 Å². The van der Waals surface area contributed by atoms with Gasteiger partial charge in [0.1, 0.15) is 5.75 Å². The Morgan fingerprint density at radius 2 is 2.17 bits per heavy atom. The van der Waals surface area contributed by atoms with E-state index in [1.165, 1.54) is 0 Å². The molecule has 0 aliphatic heterocycles. The summed E-state index contributed by atoms with van der Waals surface area (Å²) in [5.74, 6) is -0.143. The van der Waals surface area contributed by atoms with E-state index in [1.54, 1.807) is 13.2 Å². The van der Waals surface area contributed by atoms with Crippen molar-refractivity contribution in [1.29, 1.82) is 0 Å². The van der Waals surface area contributed by atoms with Gasteiger partial charge in [-0.05, 0) is 25.5 Å². The van der Waals surface area contributed by atoms with Crippen molar-refractivity contribution in [3.63, 3.8) is 0 Å². The maximum absolute atomic E-state index is 10.6. The Hall–Kier alpha value is -1.42. The van der Waals surface area contributed by atoms with Crippen LogP contribution < -0.4 is 9.64 Å². The second kappa shape index (κ2) is 6.50. The molecule has 0 heterocycles. The zero-order valence-corrected chi connectivity index (χ0v) is 11.6. The molecule has 0 aliphatic carbocycles. The van der Waals surface area contributed by atoms with Gasteiger partial charge in [0.05, 0.1) is 19.2 Å². The molecule has 0 unspecified atom stereocenters. The Balaban J connectivity index is 3.03. The van der Waals surface area contributed by atoms with E-state index in [4.69, 9.17) is 21.4 Å². The SMILES string of the molecule is CCN(CCC(=O)O)c1cc(C)c(Cl)cc1OC. The molecule has 0 saturated carbocycles. The topological polar surface area (TPSA) is 49.8 Å². The number of nitrogens with zero attached hydrogens (tertiary/aromatic N) is 1. The fourth-order valence-electron chi connectivity index (χ4n) is 1.74. The molecule has 0 atom stereocenters. The number of aliphatic carboxylic acids is 1. The number of halogens is 1. The molecule has 0 fully saturated rings. The smallest absolute Gasteiger partial charge is 0.305 e. The van der Waals surface area contributed by atoms with Crippen LogP contribution in [0, 0.1) is 6.92 Å². The lowest BCUT2D eigenvalue weighted by Gasteiger charge is -2.25. The highest BCUT2D eigenvalue weighted by atomic mass is 35.5. The van der Waals surface area contributed by atoms with E-state index >= 15 is 0 Å². The fraction of sp³-hybridized carbons (Fsp3) is 0.462. The van der Waals surface area contributed by atoms with Gasteiger partial charge in [0.15, 0.2) is 0 Å². The minimum absolute atomic E-state index is 0.0959. The Kier molecular flexibility index (Phi) is 5.28. The van der Waals surface area contributed by atoms with Crippen LogP contribution in [0.3, 0.4) is 0 Å². The molecule has 1 N–H and O–H groups in total. The summed E-state index contributed by atoms with van der Waals surface area (Å²) in [5.41, 5.74) is 1.82. The molecule has 100 valence electrons. The standard InChI is InChI=1S/C13H18ClNO3/c1-4-15(6-5-13(16)17)11-7-9(2)10(14)8-12(11)18-3/h7-8H,4-6H2,1-3H3,(H,16,17). The van der Waals surface area contributed by atoms with Crippen molar-refractivity contribution in [2.75, 3.05) is 25.1 Å². The zero-order valence-electron chi connectivity index (χ0n) is 10.9. The summed E-state index contributed by atoms with van der Waals surface area (Å²) >= 11 is 6.05. The van der Waals surface area contributed by atoms with Crippen LogP contribution in [-0.2, 0) is 4.79 Å². The number of ether oxygens (including phenoxy) is 1. The van der Waals surface area contributed by atoms with Crippen molar-refractivity contribution in [3.8, 4) is 5.75 Å². The third-order valence-corrected chi connectivity index (χ3v) is 3.19. The van der Waals surface area contributed by atoms with E-state index in [1.807, 2.05) is 24.8 Å². The van der Waals surface area contributed by atoms with Crippen molar-refractivity contribution in [2.24, 2.45) is 0 Å². The Morgan fingerprint density at radius 1 is 1.50 bits per heavy atom. The summed E-state index contributed by atoms with van der Waals surface area (Å²) in [5, 5.41) is 9.39. The lowest BCUT2D eigenvalue weighted by molar-refractivity contribution is -0.136. The van der Waals surface area contributed by atoms with Crippen molar-refractivity contribution in [3.05, 3.63) is 22.7 Å². The molecular formula is C13H18ClNO3. The number of rotatable bonds is 6. The minimum Gasteiger partial charge on any atom is -0.495 e. The molecule has 18 heavy (non-hydrogen) atoms. The first-order valence-electron chi connectivity index (χ1n) is 5.80. The van der Waals surface area contributed by atoms with Gasteiger partial charge in [-0.15, -0.1) is 0 Å². The molecule has 1 rings (SSSR count). The number of carboxylic acid groups (broad SMARTS) is 1. The van der Waals surface area contributed by atoms with Crippen LogP contribution >= 0.6 is 11.6 Å². The molecule has 0 radical (unpaired) electrons. The van der Waals surface area contributed by atoms with Gasteiger partial charge >= 0.3 is 5.97 Å². The Labute approximate surface area is 112 Å². The molecule has 0 aromatic heterocycles. The van der Waals surface area contributed by atoms with Gasteiger partial charge in [0, 0.05) is 24.2 Å². The predicted molar refractivity (Wildman–Crippen MR) is 72.9 cm³/mol. The molecule has 0 saturated heterocycles. The van der Waals surface area contributed by atoms with Gasteiger partial charge in [0.25, 0.3) is 0 Å². The number of hydrogen-bond acceptors (Lipinski definition) is 3. The molecule has 0 amide bonds. The van der Waals surface area contributed by atoms with E-state index < -0.39 is 5.97 Å². The monoisotopic (exact) mass is 271 g/mol. The summed E-state index contributed by atoms with van der Waals surface area (Å²) in [7, 11) is 1.58. The van der Waals surface area contributed by atoms with Gasteiger partial charge < -0.3 is 14.7 Å². The number of anilines is 1. The first-order valence-corrected chi connectivity index (χ1v) is 6.18. The van der Waals surface area contributed by atoms with Gasteiger partial charge in [-0.25, -0.2) is 0 Å². The van der Waals surface area contributed by atoms with Crippen LogP contribution in [0.5, 0.6) is 5.75 Å². The number of methoxy groups -OCH3 is 1. The van der Waals surface area contributed by atoms with Crippen LogP contribution in [0.15, 0.2) is 12.1 Å². The quantitative estimate of drug-likeness (QED) is 0.864. The molecule has 0 spiro atoms. The normalized spacial score (nSPS) is 10.2. The highest BCUT2D eigenvalue weighted by molar-refractivity contribution is 6.31. The van der Waals surface area contributed by atoms with Crippen molar-refractivity contribution in [1.82, 2.24) is 0 Å². The highest BCUT2D eigenvalue weighted by Crippen LogP contribution is 2.33. The second-order valence-electron chi connectivity index (χ2n) is 4.00. The molecular weight excluding hydrogens is 254 g/mol. The van der Waals surface area contributed by atoms with Crippen LogP contribution in [0.25, 0.3) is 0 Å². The average Bonchev–Trinajstić information content (AvgIpc) is 2.33. The predicted octanol–water partition coefficient (Wildman–Crippen LogP) is 2.96. The van der Waals surface area contributed by atoms with Crippen molar-refractivity contribution < 1.29 is 14.6 Å². The number of carbonyl (C=O) groups is 1. The molecule has 1 aromatic rings. The summed E-state index contributed by atoms with van der Waals surface area (Å²) in [6.07, 6.45) is 0.0959. The van der Waals surface area contributed by atoms with Gasteiger partial charge in [-0.1, -0.05) is 11.6 Å². The average molecular weight is 272 g/mol. The molecule has 0 bridgehead atoms. The molecule has 5 heteroatoms. The second-order valence-corrected chi connectivity index (χ2v) is 4.40. The lowest BCUT2D eigenvalue weighted by Crippen LogP contribution is -2.26. The third kappa shape index (κ3) is 3.53. The van der Waals surface area contributed by atoms with Crippen molar-refractivity contribution >= 4 is 23.3 Å². The van der Waals surface area contributed by atoms with Crippen molar-refractivity contribution in [2.45, 2.75) is 20.3 Å². The lowest BCUT2D eigenvalue weighted by atomic mass is 10.1. The molecule has 4 nitrogen and oxygen atoms in total. The third-order valence-electron chi connectivity index (χ3n) is 2.78. The Morgan fingerprint density at radius 3 is 2.67 bits per heavy atom. The fourth-order valence-corrected chi connectivity index (χ4v) is 1.89. The van der Waals surface area contributed by atoms with E-state index in [9.17, 15) is 4.79 Å². The summed E-state index contributed by atoms with van der Waals surface area (Å²) in [6.45, 7) is 5.05. The largest absolute Gasteiger partial charge is 0.495 e. The number of hydrogen-bond donors (Lipinski definition) is 1. The first-order chi connectivity index (χ1) is 8.49. The summed E-state index contributed by atoms with van der Waals surface area (Å²) in [4.78, 5) is 12.6. The maximum Gasteiger partial charge on any atom is 0.305 e. The summed E-state index contributed by atoms with van der Waals surface area (Å²) in [6, 6.07) is 3.68. The molecule has 1 aromatic carbocycles. The zero-order chi connectivity index (χ0) is 13.7. The van der Waals surface area contributed by atoms with Crippen LogP contribution in [0.1, 0.15) is 18.9 Å². The van der Waals surface area contributed by atoms with E-state index in [2.05, 4.69) is 0 Å². The molecule has 0 aliphatic rings. The van der Waals surface area contributed by atoms with Gasteiger partial charge in [-0.3, -0.25) is 4.79 Å². The van der Waals surface area contributed by atoms with Gasteiger partial charge in [-0.2, -0.15) is 0 Å². The number of carboxylic acids is 1. The van der Waals surface area contributed by atoms with Crippen LogP contribution in [0.2, 0.25) is 5.02 Å². The summed E-state index contributed by atoms with van der Waals surface area (Å²) < 4.78 is 5.30. The van der Waals surface area contributed by atoms with E-state index in [0.29, 0.717) is 23.9 Å². The number of benzene rings is 1.